The summed E-state index contributed by atoms with van der Waals surface area (Å²) >= 11 is 1.08. The molecule has 2 saturated heterocycles. The number of thioether (sulfide) groups is 1. The third kappa shape index (κ3) is 8.48. The van der Waals surface area contributed by atoms with Crippen molar-refractivity contribution in [1.29, 1.82) is 5.26 Å². The van der Waals surface area contributed by atoms with E-state index in [1.54, 1.807) is 35.2 Å². The molecule has 14 nitrogen and oxygen atoms in total. The Kier molecular flexibility index (Phi) is 12.3. The van der Waals surface area contributed by atoms with Gasteiger partial charge in [0.25, 0.3) is 11.8 Å². The SMILES string of the molecule is CC1(C)C(=O)SC(C2NCCN2c2ccc(C#N)c(C(F)(F)F)c2)=C1c1ccc(OCCOCCOCCNc2cccc3c2C(=O)N(C2CCC(=O)NC2=O)C3=O)cc1. The summed E-state index contributed by atoms with van der Waals surface area (Å²) in [6.07, 6.45) is -5.15. The number of fused-ring (bicyclic) bond motifs is 1. The molecular formula is C42H41F3N6O8S. The summed E-state index contributed by atoms with van der Waals surface area (Å²) < 4.78 is 58.6. The van der Waals surface area contributed by atoms with Gasteiger partial charge in [-0.05, 0) is 73.9 Å². The molecule has 2 unspecified atom stereocenters. The van der Waals surface area contributed by atoms with Gasteiger partial charge in [0.15, 0.2) is 0 Å². The number of carbonyl (C=O) groups excluding carboxylic acids is 5. The van der Waals surface area contributed by atoms with E-state index in [9.17, 15) is 42.4 Å². The first-order valence-electron chi connectivity index (χ1n) is 19.3. The predicted molar refractivity (Wildman–Crippen MR) is 214 cm³/mol. The van der Waals surface area contributed by atoms with Crippen LogP contribution >= 0.6 is 11.8 Å². The van der Waals surface area contributed by atoms with Crippen LogP contribution in [-0.4, -0.2) is 98.5 Å². The fourth-order valence-corrected chi connectivity index (χ4v) is 9.03. The van der Waals surface area contributed by atoms with E-state index in [2.05, 4.69) is 16.0 Å². The molecule has 60 heavy (non-hydrogen) atoms. The summed E-state index contributed by atoms with van der Waals surface area (Å²) in [6, 6.07) is 16.3. The second-order valence-electron chi connectivity index (χ2n) is 14.8. The number of amides is 4. The van der Waals surface area contributed by atoms with Crippen LogP contribution in [0.3, 0.4) is 0 Å². The second-order valence-corrected chi connectivity index (χ2v) is 15.9. The maximum absolute atomic E-state index is 13.8. The number of ether oxygens (including phenoxy) is 3. The molecule has 4 heterocycles. The van der Waals surface area contributed by atoms with Crippen LogP contribution in [0.1, 0.15) is 64.1 Å². The number of rotatable bonds is 15. The number of hydrogen-bond donors (Lipinski definition) is 3. The Balaban J connectivity index is 0.870. The van der Waals surface area contributed by atoms with Crippen molar-refractivity contribution >= 4 is 57.5 Å². The van der Waals surface area contributed by atoms with Crippen molar-refractivity contribution in [3.05, 3.63) is 93.4 Å². The summed E-state index contributed by atoms with van der Waals surface area (Å²) in [5.74, 6) is -1.71. The number of hydrogen-bond acceptors (Lipinski definition) is 13. The molecule has 314 valence electrons. The normalized spacial score (nSPS) is 20.2. The second kappa shape index (κ2) is 17.5. The van der Waals surface area contributed by atoms with Gasteiger partial charge in [0.05, 0.1) is 60.2 Å². The van der Waals surface area contributed by atoms with Crippen molar-refractivity contribution in [2.45, 2.75) is 45.1 Å². The number of halogens is 3. The van der Waals surface area contributed by atoms with E-state index in [1.165, 1.54) is 18.2 Å². The highest BCUT2D eigenvalue weighted by Gasteiger charge is 2.47. The lowest BCUT2D eigenvalue weighted by Crippen LogP contribution is -2.54. The zero-order valence-corrected chi connectivity index (χ0v) is 33.5. The smallest absolute Gasteiger partial charge is 0.417 e. The number of alkyl halides is 3. The number of anilines is 2. The van der Waals surface area contributed by atoms with Gasteiger partial charge in [-0.25, -0.2) is 0 Å². The maximum Gasteiger partial charge on any atom is 0.417 e. The van der Waals surface area contributed by atoms with E-state index in [-0.39, 0.29) is 55.5 Å². The van der Waals surface area contributed by atoms with Crippen molar-refractivity contribution in [3.63, 3.8) is 0 Å². The van der Waals surface area contributed by atoms with Crippen LogP contribution in [0.2, 0.25) is 0 Å². The zero-order chi connectivity index (χ0) is 42.8. The molecule has 0 spiro atoms. The van der Waals surface area contributed by atoms with Crippen LogP contribution in [0, 0.1) is 16.7 Å². The highest BCUT2D eigenvalue weighted by molar-refractivity contribution is 8.17. The lowest BCUT2D eigenvalue weighted by atomic mass is 9.81. The predicted octanol–water partition coefficient (Wildman–Crippen LogP) is 4.95. The topological polar surface area (TPSA) is 179 Å². The first-order valence-corrected chi connectivity index (χ1v) is 20.1. The van der Waals surface area contributed by atoms with Gasteiger partial charge in [0.1, 0.15) is 24.6 Å². The Morgan fingerprint density at radius 1 is 0.950 bits per heavy atom. The number of benzene rings is 3. The van der Waals surface area contributed by atoms with Crippen LogP contribution in [0.25, 0.3) is 5.57 Å². The number of nitrogens with zero attached hydrogens (tertiary/aromatic N) is 3. The highest BCUT2D eigenvalue weighted by atomic mass is 32.2. The molecule has 0 bridgehead atoms. The molecule has 4 aliphatic heterocycles. The summed E-state index contributed by atoms with van der Waals surface area (Å²) in [5.41, 5.74) is 0.288. The molecular weight excluding hydrogens is 806 g/mol. The molecule has 0 aromatic heterocycles. The molecule has 0 saturated carbocycles. The lowest BCUT2D eigenvalue weighted by Gasteiger charge is -2.29. The fraction of sp³-hybridized carbons (Fsp3) is 0.381. The standard InChI is InChI=1S/C42H41F3N6O8S/c1-41(2)34(35(60-40(41)56)36-48-14-16-50(36)26-9-6-25(23-46)29(22-26)42(43,44)45)24-7-10-27(11-8-24)59-21-20-58-19-18-57-17-15-47-30-5-3-4-28-33(30)39(55)51(38(28)54)31-12-13-32(52)49-37(31)53/h3-11,22,31,36,47-48H,12-21H2,1-2H3,(H,49,52,53). The molecule has 3 N–H and O–H groups in total. The molecule has 7 rings (SSSR count). The Labute approximate surface area is 347 Å². The van der Waals surface area contributed by atoms with E-state index in [4.69, 9.17) is 14.2 Å². The van der Waals surface area contributed by atoms with Crippen LogP contribution < -0.4 is 25.6 Å². The average Bonchev–Trinajstić information content (AvgIpc) is 3.87. The van der Waals surface area contributed by atoms with Gasteiger partial charge < -0.3 is 24.4 Å². The number of allylic oxidation sites excluding steroid dienone is 1. The number of piperidine rings is 1. The maximum atomic E-state index is 13.8. The largest absolute Gasteiger partial charge is 0.491 e. The first-order chi connectivity index (χ1) is 28.7. The Hall–Kier alpha value is -5.74. The molecule has 2 fully saturated rings. The number of carbonyl (C=O) groups is 5. The van der Waals surface area contributed by atoms with Crippen molar-refractivity contribution < 1.29 is 51.4 Å². The van der Waals surface area contributed by atoms with E-state index >= 15 is 0 Å². The molecule has 2 atom stereocenters. The van der Waals surface area contributed by atoms with Gasteiger partial charge in [-0.3, -0.25) is 39.5 Å². The van der Waals surface area contributed by atoms with Gasteiger partial charge in [-0.1, -0.05) is 30.0 Å². The van der Waals surface area contributed by atoms with Gasteiger partial charge in [0, 0.05) is 42.3 Å². The Morgan fingerprint density at radius 3 is 2.40 bits per heavy atom. The molecule has 3 aromatic carbocycles. The third-order valence-electron chi connectivity index (χ3n) is 10.6. The van der Waals surface area contributed by atoms with Crippen molar-refractivity contribution in [2.75, 3.05) is 62.9 Å². The third-order valence-corrected chi connectivity index (χ3v) is 12.0. The van der Waals surface area contributed by atoms with Crippen molar-refractivity contribution in [2.24, 2.45) is 5.41 Å². The first kappa shape index (κ1) is 42.4. The minimum Gasteiger partial charge on any atom is -0.491 e. The fourth-order valence-electron chi connectivity index (χ4n) is 7.68. The van der Waals surface area contributed by atoms with Gasteiger partial charge >= 0.3 is 6.18 Å². The number of nitriles is 1. The summed E-state index contributed by atoms with van der Waals surface area (Å²) in [7, 11) is 0. The van der Waals surface area contributed by atoms with Crippen molar-refractivity contribution in [3.8, 4) is 11.8 Å². The number of imide groups is 2. The summed E-state index contributed by atoms with van der Waals surface area (Å²) in [6.45, 7) is 6.25. The van der Waals surface area contributed by atoms with Crippen molar-refractivity contribution in [1.82, 2.24) is 15.5 Å². The van der Waals surface area contributed by atoms with E-state index < -0.39 is 58.6 Å². The molecule has 0 aliphatic carbocycles. The summed E-state index contributed by atoms with van der Waals surface area (Å²) in [5, 5.41) is 17.8. The minimum atomic E-state index is -4.70. The van der Waals surface area contributed by atoms with Crippen LogP contribution in [0.4, 0.5) is 24.5 Å². The van der Waals surface area contributed by atoms with Gasteiger partial charge in [-0.2, -0.15) is 18.4 Å². The van der Waals surface area contributed by atoms with Crippen LogP contribution in [0.5, 0.6) is 5.75 Å². The van der Waals surface area contributed by atoms with Gasteiger partial charge in [-0.15, -0.1) is 0 Å². The zero-order valence-electron chi connectivity index (χ0n) is 32.6. The molecule has 3 aromatic rings. The summed E-state index contributed by atoms with van der Waals surface area (Å²) in [4.78, 5) is 67.0. The van der Waals surface area contributed by atoms with E-state index in [0.29, 0.717) is 48.3 Å². The molecule has 0 radical (unpaired) electrons. The van der Waals surface area contributed by atoms with E-state index in [1.807, 2.05) is 26.0 Å². The minimum absolute atomic E-state index is 0.0366. The monoisotopic (exact) mass is 846 g/mol. The molecule has 4 aliphatic rings. The lowest BCUT2D eigenvalue weighted by molar-refractivity contribution is -0.138. The van der Waals surface area contributed by atoms with Gasteiger partial charge in [0.2, 0.25) is 16.9 Å². The Bertz CT molecular complexity index is 2290. The quantitative estimate of drug-likeness (QED) is 0.138. The highest BCUT2D eigenvalue weighted by Crippen LogP contribution is 2.53. The molecule has 18 heteroatoms. The van der Waals surface area contributed by atoms with Crippen LogP contribution in [-0.2, 0) is 30.0 Å². The average molecular weight is 847 g/mol. The van der Waals surface area contributed by atoms with E-state index in [0.717, 1.165) is 33.9 Å². The molecule has 4 amide bonds. The number of nitrogens with one attached hydrogen (secondary N) is 3. The Morgan fingerprint density at radius 2 is 1.68 bits per heavy atom. The van der Waals surface area contributed by atoms with Crippen LogP contribution in [0.15, 0.2) is 65.6 Å².